The number of carbonyl (C=O) groups is 2. The first-order valence-corrected chi connectivity index (χ1v) is 6.77. The lowest BCUT2D eigenvalue weighted by Gasteiger charge is -2.34. The molecule has 0 spiro atoms. The van der Waals surface area contributed by atoms with Crippen LogP contribution in [0.1, 0.15) is 6.42 Å². The predicted octanol–water partition coefficient (Wildman–Crippen LogP) is -0.968. The Morgan fingerprint density at radius 1 is 1.25 bits per heavy atom. The van der Waals surface area contributed by atoms with Gasteiger partial charge in [-0.15, -0.1) is 0 Å². The third kappa shape index (κ3) is 3.38. The van der Waals surface area contributed by atoms with Crippen LogP contribution >= 0.6 is 0 Å². The number of likely N-dealkylation sites (N-methyl/N-ethyl adjacent to an activating group) is 1. The van der Waals surface area contributed by atoms with E-state index in [9.17, 15) is 14.7 Å². The summed E-state index contributed by atoms with van der Waals surface area (Å²) >= 11 is 0. The highest BCUT2D eigenvalue weighted by atomic mass is 16.5. The number of ether oxygens (including phenoxy) is 1. The quantitative estimate of drug-likeness (QED) is 0.694. The van der Waals surface area contributed by atoms with Crippen molar-refractivity contribution in [1.82, 2.24) is 20.2 Å². The molecule has 0 aromatic rings. The summed E-state index contributed by atoms with van der Waals surface area (Å²) in [6.07, 6.45) is 0.122. The van der Waals surface area contributed by atoms with E-state index in [2.05, 4.69) is 10.3 Å². The molecule has 2 fully saturated rings. The fraction of sp³-hybridized carbons (Fsp3) is 0.833. The number of urea groups is 1. The minimum Gasteiger partial charge on any atom is -0.480 e. The normalized spacial score (nSPS) is 28.6. The van der Waals surface area contributed by atoms with Crippen LogP contribution in [-0.2, 0) is 9.53 Å². The molecule has 0 radical (unpaired) electrons. The second kappa shape index (κ2) is 6.38. The molecule has 0 saturated carbocycles. The molecule has 0 bridgehead atoms. The molecule has 2 aliphatic heterocycles. The number of rotatable bonds is 3. The number of carboxylic acid groups (broad SMARTS) is 1. The van der Waals surface area contributed by atoms with Crippen LogP contribution in [0.15, 0.2) is 0 Å². The Morgan fingerprint density at radius 3 is 2.45 bits per heavy atom. The number of carbonyl (C=O) groups excluding carboxylic acids is 1. The lowest BCUT2D eigenvalue weighted by molar-refractivity contribution is -0.141. The van der Waals surface area contributed by atoms with Gasteiger partial charge < -0.3 is 19.6 Å². The first kappa shape index (κ1) is 15.0. The zero-order valence-electron chi connectivity index (χ0n) is 11.9. The van der Waals surface area contributed by atoms with E-state index in [4.69, 9.17) is 4.74 Å². The summed E-state index contributed by atoms with van der Waals surface area (Å²) in [6, 6.07) is -1.17. The molecule has 8 nitrogen and oxygen atoms in total. The van der Waals surface area contributed by atoms with Gasteiger partial charge in [0.15, 0.2) is 0 Å². The molecule has 20 heavy (non-hydrogen) atoms. The average Bonchev–Trinajstić information content (AvgIpc) is 2.86. The highest BCUT2D eigenvalue weighted by Gasteiger charge is 2.40. The highest BCUT2D eigenvalue weighted by molar-refractivity contribution is 5.83. The van der Waals surface area contributed by atoms with Crippen molar-refractivity contribution in [2.24, 2.45) is 0 Å². The van der Waals surface area contributed by atoms with Gasteiger partial charge in [-0.1, -0.05) is 0 Å². The van der Waals surface area contributed by atoms with Gasteiger partial charge in [-0.3, -0.25) is 5.43 Å². The first-order valence-electron chi connectivity index (χ1n) is 6.77. The van der Waals surface area contributed by atoms with Gasteiger partial charge in [0.05, 0.1) is 6.10 Å². The van der Waals surface area contributed by atoms with Crippen molar-refractivity contribution in [3.8, 4) is 0 Å². The van der Waals surface area contributed by atoms with Crippen molar-refractivity contribution in [1.29, 1.82) is 0 Å². The van der Waals surface area contributed by atoms with E-state index in [0.717, 1.165) is 26.2 Å². The number of nitrogens with zero attached hydrogens (tertiary/aromatic N) is 3. The first-order chi connectivity index (χ1) is 9.51. The zero-order chi connectivity index (χ0) is 14.7. The summed E-state index contributed by atoms with van der Waals surface area (Å²) in [5.74, 6) is -0.988. The molecule has 0 aliphatic carbocycles. The summed E-state index contributed by atoms with van der Waals surface area (Å²) in [5.41, 5.74) is 2.79. The third-order valence-corrected chi connectivity index (χ3v) is 3.90. The Labute approximate surface area is 118 Å². The summed E-state index contributed by atoms with van der Waals surface area (Å²) in [6.45, 7) is 3.54. The Balaban J connectivity index is 1.91. The number of piperazine rings is 1. The van der Waals surface area contributed by atoms with Crippen LogP contribution in [-0.4, -0.2) is 90.9 Å². The minimum absolute atomic E-state index is 0.214. The van der Waals surface area contributed by atoms with Gasteiger partial charge in [0.25, 0.3) is 0 Å². The standard InChI is InChI=1S/C12H22N4O4/c1-14-3-5-15(6-4-14)13-12(19)16-8-9(20-2)7-10(16)11(17)18/h9-10H,3-8H2,1-2H3,(H,13,19)(H,17,18). The number of methoxy groups -OCH3 is 1. The van der Waals surface area contributed by atoms with Crippen LogP contribution in [0.4, 0.5) is 4.79 Å². The van der Waals surface area contributed by atoms with Crippen LogP contribution in [0, 0.1) is 0 Å². The second-order valence-corrected chi connectivity index (χ2v) is 5.31. The molecule has 2 unspecified atom stereocenters. The summed E-state index contributed by atoms with van der Waals surface area (Å²) in [7, 11) is 3.56. The van der Waals surface area contributed by atoms with E-state index >= 15 is 0 Å². The van der Waals surface area contributed by atoms with E-state index in [-0.39, 0.29) is 12.1 Å². The highest BCUT2D eigenvalue weighted by Crippen LogP contribution is 2.20. The monoisotopic (exact) mass is 286 g/mol. The average molecular weight is 286 g/mol. The van der Waals surface area contributed by atoms with Gasteiger partial charge in [0.2, 0.25) is 0 Å². The summed E-state index contributed by atoms with van der Waals surface area (Å²) < 4.78 is 5.17. The van der Waals surface area contributed by atoms with Gasteiger partial charge >= 0.3 is 12.0 Å². The number of carboxylic acids is 1. The van der Waals surface area contributed by atoms with E-state index in [1.54, 1.807) is 0 Å². The molecule has 8 heteroatoms. The van der Waals surface area contributed by atoms with Crippen LogP contribution < -0.4 is 5.43 Å². The van der Waals surface area contributed by atoms with Crippen LogP contribution in [0.3, 0.4) is 0 Å². The van der Waals surface area contributed by atoms with Crippen molar-refractivity contribution in [2.75, 3.05) is 46.9 Å². The Hall–Kier alpha value is -1.38. The van der Waals surface area contributed by atoms with Crippen molar-refractivity contribution in [2.45, 2.75) is 18.6 Å². The van der Waals surface area contributed by atoms with E-state index in [0.29, 0.717) is 13.0 Å². The van der Waals surface area contributed by atoms with Gasteiger partial charge in [0, 0.05) is 46.3 Å². The molecule has 2 aliphatic rings. The number of hydrogen-bond donors (Lipinski definition) is 2. The maximum Gasteiger partial charge on any atom is 0.332 e. The molecule has 2 atom stereocenters. The van der Waals surface area contributed by atoms with Gasteiger partial charge in [-0.05, 0) is 7.05 Å². The van der Waals surface area contributed by atoms with Gasteiger partial charge in [0.1, 0.15) is 6.04 Å². The lowest BCUT2D eigenvalue weighted by Crippen LogP contribution is -2.57. The van der Waals surface area contributed by atoms with Gasteiger partial charge in [-0.25, -0.2) is 14.6 Å². The molecule has 0 aromatic carbocycles. The number of nitrogens with one attached hydrogen (secondary N) is 1. The van der Waals surface area contributed by atoms with E-state index in [1.807, 2.05) is 12.1 Å². The second-order valence-electron chi connectivity index (χ2n) is 5.31. The fourth-order valence-corrected chi connectivity index (χ4v) is 2.54. The van der Waals surface area contributed by atoms with Crippen molar-refractivity contribution < 1.29 is 19.4 Å². The maximum atomic E-state index is 12.2. The Bertz CT molecular complexity index is 370. The topological polar surface area (TPSA) is 85.3 Å². The van der Waals surface area contributed by atoms with Gasteiger partial charge in [-0.2, -0.15) is 0 Å². The maximum absolute atomic E-state index is 12.2. The largest absolute Gasteiger partial charge is 0.480 e. The Morgan fingerprint density at radius 2 is 1.90 bits per heavy atom. The van der Waals surface area contributed by atoms with E-state index in [1.165, 1.54) is 12.0 Å². The number of amides is 2. The predicted molar refractivity (Wildman–Crippen MR) is 71.1 cm³/mol. The number of hydrazine groups is 1. The molecular weight excluding hydrogens is 264 g/mol. The number of aliphatic carboxylic acids is 1. The smallest absolute Gasteiger partial charge is 0.332 e. The van der Waals surface area contributed by atoms with Crippen LogP contribution in [0.25, 0.3) is 0 Å². The molecule has 2 saturated heterocycles. The van der Waals surface area contributed by atoms with Crippen molar-refractivity contribution >= 4 is 12.0 Å². The zero-order valence-corrected chi connectivity index (χ0v) is 11.9. The number of likely N-dealkylation sites (tertiary alicyclic amines) is 1. The summed E-state index contributed by atoms with van der Waals surface area (Å²) in [4.78, 5) is 26.9. The van der Waals surface area contributed by atoms with Crippen molar-refractivity contribution in [3.05, 3.63) is 0 Å². The molecule has 2 amide bonds. The van der Waals surface area contributed by atoms with Crippen molar-refractivity contribution in [3.63, 3.8) is 0 Å². The fourth-order valence-electron chi connectivity index (χ4n) is 2.54. The van der Waals surface area contributed by atoms with E-state index < -0.39 is 12.0 Å². The lowest BCUT2D eigenvalue weighted by atomic mass is 10.2. The molecule has 2 heterocycles. The SMILES string of the molecule is COC1CC(C(=O)O)N(C(=O)NN2CCN(C)CC2)C1. The molecule has 114 valence electrons. The molecule has 2 N–H and O–H groups in total. The van der Waals surface area contributed by atoms with Crippen LogP contribution in [0.2, 0.25) is 0 Å². The molecule has 2 rings (SSSR count). The molecular formula is C12H22N4O4. The van der Waals surface area contributed by atoms with Crippen LogP contribution in [0.5, 0.6) is 0 Å². The molecule has 0 aromatic heterocycles. The minimum atomic E-state index is -0.988. The Kier molecular flexibility index (Phi) is 4.79. The summed E-state index contributed by atoms with van der Waals surface area (Å²) in [5, 5.41) is 11.0. The third-order valence-electron chi connectivity index (χ3n) is 3.90. The number of hydrogen-bond acceptors (Lipinski definition) is 5.